The normalized spacial score (nSPS) is 21.7. The van der Waals surface area contributed by atoms with Crippen LogP contribution >= 0.6 is 0 Å². The van der Waals surface area contributed by atoms with Gasteiger partial charge in [0.25, 0.3) is 12.3 Å². The first kappa shape index (κ1) is 43.5. The molecule has 340 valence electrons. The molecule has 4 fully saturated rings. The molecule has 16 nitrogen and oxygen atoms in total. The standard InChI is InChI=1S/C46H56F2N10O6/c1-27(56-20-17-33(18-21-56)63-22-4-6-30-5-3-7-36-41(30)55(2)46(62)58(36)37-14-15-39(59)53-44(37)61)29-10-12-32(13-11-29)57-25-34(40(54-57)42(47)48)51-43(60)35-26-64-45(52-35)31-16-19-49-38(23-31)50-24-28-8-9-28/h3,5,7,16,19,23,25-29,32-33,37,42H,4,6,8-15,17-18,20-22,24H2,1-2H3,(H,49,50)(H,51,60)(H,53,59,61)/t27?,29-,32-,37?. The number of amides is 3. The summed E-state index contributed by atoms with van der Waals surface area (Å²) in [5.41, 5.74) is 2.35. The molecule has 1 aromatic carbocycles. The minimum atomic E-state index is -2.87. The number of ether oxygens (including phenoxy) is 1. The van der Waals surface area contributed by atoms with Crippen LogP contribution in [0.2, 0.25) is 0 Å². The second-order valence-corrected chi connectivity index (χ2v) is 17.9. The molecule has 2 aliphatic heterocycles. The molecule has 64 heavy (non-hydrogen) atoms. The van der Waals surface area contributed by atoms with Crippen LogP contribution in [0.4, 0.5) is 20.3 Å². The third kappa shape index (κ3) is 9.39. The molecule has 0 radical (unpaired) electrons. The molecule has 3 N–H and O–H groups in total. The van der Waals surface area contributed by atoms with Crippen LogP contribution in [0.3, 0.4) is 0 Å². The average Bonchev–Trinajstić information content (AvgIpc) is 3.71. The Balaban J connectivity index is 0.726. The number of aromatic nitrogens is 6. The summed E-state index contributed by atoms with van der Waals surface area (Å²) >= 11 is 0. The number of carbonyl (C=O) groups is 3. The molecule has 2 unspecified atom stereocenters. The lowest BCUT2D eigenvalue weighted by Crippen LogP contribution is -2.46. The number of nitrogens with one attached hydrogen (secondary N) is 3. The van der Waals surface area contributed by atoms with Gasteiger partial charge < -0.3 is 24.7 Å². The van der Waals surface area contributed by atoms with Crippen molar-refractivity contribution in [3.05, 3.63) is 76.4 Å². The van der Waals surface area contributed by atoms with Crippen molar-refractivity contribution in [3.8, 4) is 11.5 Å². The lowest BCUT2D eigenvalue weighted by atomic mass is 9.81. The van der Waals surface area contributed by atoms with Crippen molar-refractivity contribution in [2.75, 3.05) is 36.9 Å². The summed E-state index contributed by atoms with van der Waals surface area (Å²) in [5.74, 6) is 0.637. The quantitative estimate of drug-likeness (QED) is 0.0699. The number of rotatable bonds is 16. The molecule has 5 aromatic rings. The van der Waals surface area contributed by atoms with Gasteiger partial charge in [0, 0.05) is 63.7 Å². The van der Waals surface area contributed by atoms with Gasteiger partial charge in [0.1, 0.15) is 18.1 Å². The molecule has 3 amide bonds. The summed E-state index contributed by atoms with van der Waals surface area (Å²) in [7, 11) is 1.72. The van der Waals surface area contributed by atoms with Crippen LogP contribution in [0.15, 0.2) is 58.2 Å². The molecule has 2 aliphatic carbocycles. The van der Waals surface area contributed by atoms with Crippen molar-refractivity contribution in [2.45, 2.75) is 115 Å². The Morgan fingerprint density at radius 3 is 2.58 bits per heavy atom. The van der Waals surface area contributed by atoms with Crippen LogP contribution in [-0.2, 0) is 27.8 Å². The van der Waals surface area contributed by atoms with E-state index in [-0.39, 0.29) is 47.4 Å². The molecule has 9 rings (SSSR count). The maximum absolute atomic E-state index is 14.2. The number of benzene rings is 1. The number of pyridine rings is 1. The molecule has 0 spiro atoms. The molecule has 6 heterocycles. The number of oxazole rings is 1. The number of para-hydroxylation sites is 1. The smallest absolute Gasteiger partial charge is 0.329 e. The lowest BCUT2D eigenvalue weighted by molar-refractivity contribution is -0.135. The largest absolute Gasteiger partial charge is 0.444 e. The first-order valence-electron chi connectivity index (χ1n) is 22.7. The highest BCUT2D eigenvalue weighted by molar-refractivity contribution is 6.03. The first-order chi connectivity index (χ1) is 31.0. The molecular weight excluding hydrogens is 827 g/mol. The SMILES string of the molecule is CC([C@H]1CC[C@H](n2cc(NC(=O)c3coc(-c4ccnc(NCC5CC5)c4)n3)c(C(F)F)n2)CC1)N1CCC(OCCCc2cccc3c2n(C)c(=O)n3C2CCC(=O)NC2=O)CC1. The van der Waals surface area contributed by atoms with Gasteiger partial charge in [0.15, 0.2) is 11.4 Å². The summed E-state index contributed by atoms with van der Waals surface area (Å²) in [6, 6.07) is 8.92. The fraction of sp³-hybridized carbons (Fsp3) is 0.543. The number of likely N-dealkylation sites (tertiary alicyclic amines) is 1. The molecule has 4 aliphatic rings. The Bertz CT molecular complexity index is 2550. The Labute approximate surface area is 369 Å². The average molecular weight is 883 g/mol. The third-order valence-corrected chi connectivity index (χ3v) is 13.7. The number of imide groups is 1. The number of aryl methyl sites for hydroxylation is 2. The van der Waals surface area contributed by atoms with E-state index in [0.29, 0.717) is 47.8 Å². The summed E-state index contributed by atoms with van der Waals surface area (Å²) in [6.45, 7) is 5.61. The van der Waals surface area contributed by atoms with Crippen LogP contribution in [0.5, 0.6) is 0 Å². The zero-order valence-electron chi connectivity index (χ0n) is 36.3. The highest BCUT2D eigenvalue weighted by Crippen LogP contribution is 2.38. The number of hydrogen-bond donors (Lipinski definition) is 3. The Kier molecular flexibility index (Phi) is 12.8. The number of piperidine rings is 2. The number of anilines is 2. The molecular formula is C46H56F2N10O6. The van der Waals surface area contributed by atoms with Gasteiger partial charge in [-0.25, -0.2) is 23.5 Å². The van der Waals surface area contributed by atoms with Crippen LogP contribution in [0, 0.1) is 11.8 Å². The van der Waals surface area contributed by atoms with Crippen LogP contribution in [0.25, 0.3) is 22.5 Å². The topological polar surface area (TPSA) is 183 Å². The number of imidazole rings is 1. The van der Waals surface area contributed by atoms with Gasteiger partial charge in [-0.1, -0.05) is 12.1 Å². The van der Waals surface area contributed by atoms with Crippen LogP contribution in [0.1, 0.15) is 118 Å². The molecule has 0 bridgehead atoms. The van der Waals surface area contributed by atoms with Gasteiger partial charge in [-0.15, -0.1) is 0 Å². The minimum Gasteiger partial charge on any atom is -0.444 e. The van der Waals surface area contributed by atoms with Gasteiger partial charge in [-0.3, -0.25) is 33.5 Å². The maximum Gasteiger partial charge on any atom is 0.329 e. The Hall–Kier alpha value is -5.75. The van der Waals surface area contributed by atoms with Crippen LogP contribution in [-0.4, -0.2) is 89.9 Å². The van der Waals surface area contributed by atoms with Crippen molar-refractivity contribution < 1.29 is 32.3 Å². The minimum absolute atomic E-state index is 0.0288. The highest BCUT2D eigenvalue weighted by atomic mass is 19.3. The predicted molar refractivity (Wildman–Crippen MR) is 234 cm³/mol. The Morgan fingerprint density at radius 2 is 1.83 bits per heavy atom. The maximum atomic E-state index is 14.2. The molecule has 2 saturated carbocycles. The zero-order chi connectivity index (χ0) is 44.5. The fourth-order valence-corrected chi connectivity index (χ4v) is 9.84. The second kappa shape index (κ2) is 18.8. The summed E-state index contributed by atoms with van der Waals surface area (Å²) < 4.78 is 45.1. The van der Waals surface area contributed by atoms with E-state index in [1.165, 1.54) is 29.9 Å². The Morgan fingerprint density at radius 1 is 1.03 bits per heavy atom. The van der Waals surface area contributed by atoms with E-state index in [1.54, 1.807) is 34.6 Å². The summed E-state index contributed by atoms with van der Waals surface area (Å²) in [4.78, 5) is 62.1. The second-order valence-electron chi connectivity index (χ2n) is 17.9. The zero-order valence-corrected chi connectivity index (χ0v) is 36.3. The van der Waals surface area contributed by atoms with E-state index in [4.69, 9.17) is 9.15 Å². The van der Waals surface area contributed by atoms with E-state index in [2.05, 4.69) is 42.8 Å². The van der Waals surface area contributed by atoms with E-state index < -0.39 is 30.0 Å². The molecule has 2 saturated heterocycles. The summed E-state index contributed by atoms with van der Waals surface area (Å²) in [6.07, 6.45) is 11.5. The molecule has 18 heteroatoms. The van der Waals surface area contributed by atoms with Gasteiger partial charge in [0.05, 0.1) is 28.9 Å². The monoisotopic (exact) mass is 882 g/mol. The van der Waals surface area contributed by atoms with Crippen molar-refractivity contribution in [1.82, 2.24) is 39.1 Å². The lowest BCUT2D eigenvalue weighted by Gasteiger charge is -2.41. The number of nitrogens with zero attached hydrogens (tertiary/aromatic N) is 7. The summed E-state index contributed by atoms with van der Waals surface area (Å²) in [5, 5.41) is 12.6. The number of hydrogen-bond acceptors (Lipinski definition) is 11. The van der Waals surface area contributed by atoms with Gasteiger partial charge in [-0.2, -0.15) is 5.10 Å². The highest BCUT2D eigenvalue weighted by Gasteiger charge is 2.34. The van der Waals surface area contributed by atoms with Crippen LogP contribution < -0.4 is 21.6 Å². The predicted octanol–water partition coefficient (Wildman–Crippen LogP) is 6.81. The fourth-order valence-electron chi connectivity index (χ4n) is 9.84. The third-order valence-electron chi connectivity index (χ3n) is 13.7. The van der Waals surface area contributed by atoms with E-state index in [1.807, 2.05) is 18.2 Å². The van der Waals surface area contributed by atoms with Crippen molar-refractivity contribution >= 4 is 40.3 Å². The molecule has 4 aromatic heterocycles. The van der Waals surface area contributed by atoms with Crippen molar-refractivity contribution in [1.29, 1.82) is 0 Å². The first-order valence-corrected chi connectivity index (χ1v) is 22.7. The van der Waals surface area contributed by atoms with Gasteiger partial charge in [0.2, 0.25) is 17.7 Å². The number of alkyl halides is 2. The van der Waals surface area contributed by atoms with E-state index >= 15 is 0 Å². The number of carbonyl (C=O) groups excluding carboxylic acids is 3. The van der Waals surface area contributed by atoms with Crippen molar-refractivity contribution in [2.24, 2.45) is 18.9 Å². The van der Waals surface area contributed by atoms with E-state index in [0.717, 1.165) is 82.1 Å². The van der Waals surface area contributed by atoms with Gasteiger partial charge in [-0.05, 0) is 113 Å². The van der Waals surface area contributed by atoms with Crippen molar-refractivity contribution in [3.63, 3.8) is 0 Å². The van der Waals surface area contributed by atoms with E-state index in [9.17, 15) is 28.0 Å². The number of fused-ring (bicyclic) bond motifs is 1. The molecule has 2 atom stereocenters. The number of halogens is 2. The van der Waals surface area contributed by atoms with Gasteiger partial charge >= 0.3 is 5.69 Å².